The molecule has 0 aliphatic carbocycles. The van der Waals surface area contributed by atoms with Crippen LogP contribution in [0.15, 0.2) is 27.9 Å². The molecule has 0 fully saturated rings. The largest absolute Gasteiger partial charge is 0.383 e. The van der Waals surface area contributed by atoms with Gasteiger partial charge in [0.15, 0.2) is 5.69 Å². The van der Waals surface area contributed by atoms with Crippen molar-refractivity contribution in [2.24, 2.45) is 11.8 Å². The topological polar surface area (TPSA) is 114 Å². The first-order valence-corrected chi connectivity index (χ1v) is 8.67. The third-order valence-electron chi connectivity index (χ3n) is 3.80. The molecule has 0 saturated heterocycles. The van der Waals surface area contributed by atoms with Crippen molar-refractivity contribution in [3.8, 4) is 0 Å². The summed E-state index contributed by atoms with van der Waals surface area (Å²) in [6, 6.07) is 2.34. The Bertz CT molecular complexity index is 949. The number of aromatic nitrogens is 3. The molecule has 0 aliphatic heterocycles. The summed E-state index contributed by atoms with van der Waals surface area (Å²) >= 11 is 0. The van der Waals surface area contributed by atoms with Gasteiger partial charge in [-0.3, -0.25) is 19.1 Å². The highest BCUT2D eigenvalue weighted by Crippen LogP contribution is 2.21. The lowest BCUT2D eigenvalue weighted by Crippen LogP contribution is -2.43. The predicted molar refractivity (Wildman–Crippen MR) is 101 cm³/mol. The number of hydrogen-bond acceptors (Lipinski definition) is 5. The van der Waals surface area contributed by atoms with Crippen LogP contribution in [0.2, 0.25) is 0 Å². The van der Waals surface area contributed by atoms with Crippen molar-refractivity contribution in [1.82, 2.24) is 14.5 Å². The second kappa shape index (κ2) is 8.15. The molecule has 1 amide bonds. The molecule has 0 aliphatic rings. The molecule has 2 rings (SSSR count). The van der Waals surface area contributed by atoms with Gasteiger partial charge in [0.1, 0.15) is 5.82 Å². The van der Waals surface area contributed by atoms with E-state index in [4.69, 9.17) is 5.73 Å². The minimum Gasteiger partial charge on any atom is -0.383 e. The van der Waals surface area contributed by atoms with Gasteiger partial charge in [-0.25, -0.2) is 9.78 Å². The van der Waals surface area contributed by atoms with E-state index in [2.05, 4.69) is 9.97 Å². The van der Waals surface area contributed by atoms with Crippen LogP contribution >= 0.6 is 0 Å². The van der Waals surface area contributed by atoms with Crippen LogP contribution in [-0.2, 0) is 6.54 Å². The standard InChI is InChI=1S/C18H24FN5O3/c1-10(2)8-23(17(26)12-5-6-21-13(19)7-12)14-15(20)24(9-11(3)4)18(27)22-16(14)25/h5-7,10-11H,8-9,20H2,1-4H3,(H,22,25,27). The zero-order valence-electron chi connectivity index (χ0n) is 15.8. The van der Waals surface area contributed by atoms with Crippen molar-refractivity contribution in [2.45, 2.75) is 34.2 Å². The molecule has 3 N–H and O–H groups in total. The van der Waals surface area contributed by atoms with E-state index in [1.807, 2.05) is 27.7 Å². The number of carbonyl (C=O) groups excluding carboxylic acids is 1. The molecule has 0 saturated carbocycles. The van der Waals surface area contributed by atoms with Gasteiger partial charge < -0.3 is 10.6 Å². The quantitative estimate of drug-likeness (QED) is 0.743. The Morgan fingerprint density at radius 2 is 1.96 bits per heavy atom. The Labute approximate surface area is 155 Å². The molecule has 27 heavy (non-hydrogen) atoms. The summed E-state index contributed by atoms with van der Waals surface area (Å²) in [6.07, 6.45) is 1.17. The van der Waals surface area contributed by atoms with E-state index in [-0.39, 0.29) is 42.0 Å². The maximum atomic E-state index is 13.5. The third kappa shape index (κ3) is 4.60. The maximum absolute atomic E-state index is 13.5. The van der Waals surface area contributed by atoms with Crippen LogP contribution in [0.25, 0.3) is 0 Å². The first kappa shape index (κ1) is 20.3. The minimum absolute atomic E-state index is 0.00934. The van der Waals surface area contributed by atoms with Crippen molar-refractivity contribution in [3.05, 3.63) is 50.7 Å². The first-order valence-electron chi connectivity index (χ1n) is 8.67. The molecule has 2 heterocycles. The fraction of sp³-hybridized carbons (Fsp3) is 0.444. The highest BCUT2D eigenvalue weighted by molar-refractivity contribution is 6.07. The molecule has 0 spiro atoms. The molecule has 0 aromatic carbocycles. The number of halogens is 1. The van der Waals surface area contributed by atoms with Gasteiger partial charge >= 0.3 is 5.69 Å². The number of carbonyl (C=O) groups is 1. The van der Waals surface area contributed by atoms with Gasteiger partial charge in [-0.05, 0) is 17.9 Å². The lowest BCUT2D eigenvalue weighted by atomic mass is 10.1. The summed E-state index contributed by atoms with van der Waals surface area (Å²) < 4.78 is 14.7. The summed E-state index contributed by atoms with van der Waals surface area (Å²) in [6.45, 7) is 7.96. The lowest BCUT2D eigenvalue weighted by Gasteiger charge is -2.26. The number of anilines is 2. The number of pyridine rings is 1. The Kier molecular flexibility index (Phi) is 6.14. The highest BCUT2D eigenvalue weighted by atomic mass is 19.1. The maximum Gasteiger partial charge on any atom is 0.330 e. The van der Waals surface area contributed by atoms with Crippen molar-refractivity contribution in [2.75, 3.05) is 17.2 Å². The van der Waals surface area contributed by atoms with Crippen LogP contribution in [0.5, 0.6) is 0 Å². The van der Waals surface area contributed by atoms with E-state index in [1.165, 1.54) is 21.7 Å². The van der Waals surface area contributed by atoms with E-state index >= 15 is 0 Å². The van der Waals surface area contributed by atoms with Crippen molar-refractivity contribution < 1.29 is 9.18 Å². The third-order valence-corrected chi connectivity index (χ3v) is 3.80. The zero-order chi connectivity index (χ0) is 20.3. The SMILES string of the molecule is CC(C)CN(C(=O)c1ccnc(F)c1)c1c(N)n(CC(C)C)c(=O)[nH]c1=O. The number of nitrogens with two attached hydrogens (primary N) is 1. The fourth-order valence-electron chi connectivity index (χ4n) is 2.72. The summed E-state index contributed by atoms with van der Waals surface area (Å²) in [5, 5.41) is 0. The van der Waals surface area contributed by atoms with Crippen LogP contribution in [0.3, 0.4) is 0 Å². The Morgan fingerprint density at radius 3 is 2.52 bits per heavy atom. The van der Waals surface area contributed by atoms with Gasteiger partial charge in [0.2, 0.25) is 5.95 Å². The Balaban J connectivity index is 2.65. The number of H-pyrrole nitrogens is 1. The van der Waals surface area contributed by atoms with E-state index in [0.717, 1.165) is 6.07 Å². The second-order valence-electron chi connectivity index (χ2n) is 7.17. The average molecular weight is 377 g/mol. The molecular weight excluding hydrogens is 353 g/mol. The van der Waals surface area contributed by atoms with E-state index in [1.54, 1.807) is 0 Å². The monoisotopic (exact) mass is 377 g/mol. The van der Waals surface area contributed by atoms with Gasteiger partial charge in [0.05, 0.1) is 0 Å². The van der Waals surface area contributed by atoms with Gasteiger partial charge in [-0.2, -0.15) is 4.39 Å². The van der Waals surface area contributed by atoms with Gasteiger partial charge in [-0.1, -0.05) is 27.7 Å². The van der Waals surface area contributed by atoms with Crippen molar-refractivity contribution in [1.29, 1.82) is 0 Å². The summed E-state index contributed by atoms with van der Waals surface area (Å²) in [4.78, 5) is 44.5. The number of nitrogen functional groups attached to an aromatic ring is 1. The summed E-state index contributed by atoms with van der Waals surface area (Å²) in [5.41, 5.74) is 4.63. The van der Waals surface area contributed by atoms with Crippen LogP contribution in [-0.4, -0.2) is 27.0 Å². The Morgan fingerprint density at radius 1 is 1.30 bits per heavy atom. The summed E-state index contributed by atoms with van der Waals surface area (Å²) in [7, 11) is 0. The normalized spacial score (nSPS) is 11.2. The second-order valence-corrected chi connectivity index (χ2v) is 7.17. The van der Waals surface area contributed by atoms with Gasteiger partial charge in [0.25, 0.3) is 11.5 Å². The molecule has 2 aromatic rings. The van der Waals surface area contributed by atoms with E-state index in [9.17, 15) is 18.8 Å². The highest BCUT2D eigenvalue weighted by Gasteiger charge is 2.26. The molecular formula is C18H24FN5O3. The number of amides is 1. The predicted octanol–water partition coefficient (Wildman–Crippen LogP) is 1.61. The molecule has 9 heteroatoms. The number of hydrogen-bond donors (Lipinski definition) is 2. The van der Waals surface area contributed by atoms with Gasteiger partial charge in [-0.15, -0.1) is 0 Å². The lowest BCUT2D eigenvalue weighted by molar-refractivity contribution is 0.0983. The molecule has 146 valence electrons. The summed E-state index contributed by atoms with van der Waals surface area (Å²) in [5.74, 6) is -1.42. The van der Waals surface area contributed by atoms with Gasteiger partial charge in [0, 0.05) is 30.9 Å². The number of aromatic amines is 1. The van der Waals surface area contributed by atoms with E-state index < -0.39 is 23.1 Å². The molecule has 8 nitrogen and oxygen atoms in total. The Hall–Kier alpha value is -2.97. The van der Waals surface area contributed by atoms with Crippen molar-refractivity contribution in [3.63, 3.8) is 0 Å². The van der Waals surface area contributed by atoms with E-state index in [0.29, 0.717) is 0 Å². The number of rotatable bonds is 6. The number of nitrogens with one attached hydrogen (secondary N) is 1. The molecule has 0 radical (unpaired) electrons. The van der Waals surface area contributed by atoms with Crippen LogP contribution in [0.4, 0.5) is 15.9 Å². The fourth-order valence-corrected chi connectivity index (χ4v) is 2.72. The van der Waals surface area contributed by atoms with Crippen molar-refractivity contribution >= 4 is 17.4 Å². The smallest absolute Gasteiger partial charge is 0.330 e. The molecule has 2 aromatic heterocycles. The molecule has 0 unspecified atom stereocenters. The average Bonchev–Trinajstić information content (AvgIpc) is 2.56. The van der Waals surface area contributed by atoms with Crippen LogP contribution < -0.4 is 21.9 Å². The van der Waals surface area contributed by atoms with Crippen LogP contribution in [0, 0.1) is 17.8 Å². The molecule has 0 atom stereocenters. The first-order chi connectivity index (χ1) is 12.6. The van der Waals surface area contributed by atoms with Crippen LogP contribution in [0.1, 0.15) is 38.1 Å². The molecule has 0 bridgehead atoms. The zero-order valence-corrected chi connectivity index (χ0v) is 15.8. The minimum atomic E-state index is -0.808. The number of nitrogens with zero attached hydrogens (tertiary/aromatic N) is 3.